The third-order valence-electron chi connectivity index (χ3n) is 1.37. The van der Waals surface area contributed by atoms with Crippen molar-refractivity contribution in [2.45, 2.75) is 12.2 Å². The summed E-state index contributed by atoms with van der Waals surface area (Å²) in [5.74, 6) is 2.23. The number of nitrogens with zero attached hydrogens (tertiary/aromatic N) is 2. The number of nitrogens with one attached hydrogen (secondary N) is 1. The van der Waals surface area contributed by atoms with E-state index in [1.165, 1.54) is 0 Å². The van der Waals surface area contributed by atoms with Gasteiger partial charge in [0.15, 0.2) is 0 Å². The average molecular weight is 187 g/mol. The quantitative estimate of drug-likeness (QED) is 0.735. The minimum atomic E-state index is 0.716. The molecule has 0 amide bonds. The van der Waals surface area contributed by atoms with Gasteiger partial charge in [-0.05, 0) is 13.3 Å². The molecule has 0 fully saturated rings. The van der Waals surface area contributed by atoms with Gasteiger partial charge in [-0.2, -0.15) is 11.8 Å². The number of hydrogen-bond acceptors (Lipinski definition) is 5. The van der Waals surface area contributed by atoms with Crippen LogP contribution in [0.15, 0.2) is 4.42 Å². The Labute approximate surface area is 76.1 Å². The van der Waals surface area contributed by atoms with E-state index in [1.807, 2.05) is 13.3 Å². The topological polar surface area (TPSA) is 51.0 Å². The molecule has 0 atom stereocenters. The van der Waals surface area contributed by atoms with Crippen molar-refractivity contribution in [1.82, 2.24) is 15.5 Å². The Bertz CT molecular complexity index is 226. The van der Waals surface area contributed by atoms with Crippen molar-refractivity contribution in [3.63, 3.8) is 0 Å². The van der Waals surface area contributed by atoms with Crippen LogP contribution in [0.5, 0.6) is 0 Å². The summed E-state index contributed by atoms with van der Waals surface area (Å²) in [5, 5.41) is 10.8. The van der Waals surface area contributed by atoms with E-state index in [0.29, 0.717) is 11.8 Å². The van der Waals surface area contributed by atoms with Crippen LogP contribution in [0.4, 0.5) is 0 Å². The molecular weight excluding hydrogens is 174 g/mol. The average Bonchev–Trinajstić information content (AvgIpc) is 2.50. The zero-order valence-electron chi connectivity index (χ0n) is 7.33. The number of likely N-dealkylation sites (N-methyl/N-ethyl adjacent to an activating group) is 1. The summed E-state index contributed by atoms with van der Waals surface area (Å²) in [5.41, 5.74) is 0. The molecule has 1 N–H and O–H groups in total. The van der Waals surface area contributed by atoms with Gasteiger partial charge in [0.1, 0.15) is 0 Å². The molecule has 0 saturated heterocycles. The van der Waals surface area contributed by atoms with Crippen LogP contribution in [0, 0.1) is 0 Å². The van der Waals surface area contributed by atoms with E-state index < -0.39 is 0 Å². The Balaban J connectivity index is 2.41. The lowest BCUT2D eigenvalue weighted by atomic mass is 10.4. The van der Waals surface area contributed by atoms with E-state index >= 15 is 0 Å². The summed E-state index contributed by atoms with van der Waals surface area (Å²) < 4.78 is 5.34. The van der Waals surface area contributed by atoms with Crippen LogP contribution in [0.2, 0.25) is 0 Å². The minimum Gasteiger partial charge on any atom is -0.424 e. The van der Waals surface area contributed by atoms with Crippen LogP contribution in [-0.4, -0.2) is 30.0 Å². The highest BCUT2D eigenvalue weighted by atomic mass is 32.2. The maximum absolute atomic E-state index is 5.34. The second-order valence-corrected chi connectivity index (χ2v) is 3.24. The smallest absolute Gasteiger partial charge is 0.226 e. The fraction of sp³-hybridized carbons (Fsp3) is 0.714. The SMILES string of the molecule is CNCCc1nnc(CSC)o1. The summed E-state index contributed by atoms with van der Waals surface area (Å²) in [6.45, 7) is 0.876. The summed E-state index contributed by atoms with van der Waals surface area (Å²) in [4.78, 5) is 0. The first-order chi connectivity index (χ1) is 5.86. The maximum Gasteiger partial charge on any atom is 0.226 e. The highest BCUT2D eigenvalue weighted by molar-refractivity contribution is 7.97. The molecule has 5 heteroatoms. The molecule has 1 heterocycles. The van der Waals surface area contributed by atoms with E-state index in [-0.39, 0.29) is 0 Å². The first kappa shape index (κ1) is 9.54. The van der Waals surface area contributed by atoms with Crippen LogP contribution in [0.1, 0.15) is 11.8 Å². The standard InChI is InChI=1S/C7H13N3OS/c1-8-4-3-6-9-10-7(11-6)5-12-2/h8H,3-5H2,1-2H3. The molecule has 1 rings (SSSR count). The van der Waals surface area contributed by atoms with E-state index in [1.54, 1.807) is 11.8 Å². The van der Waals surface area contributed by atoms with Gasteiger partial charge in [0.25, 0.3) is 0 Å². The van der Waals surface area contributed by atoms with Gasteiger partial charge in [0.05, 0.1) is 5.75 Å². The van der Waals surface area contributed by atoms with Crippen molar-refractivity contribution in [2.24, 2.45) is 0 Å². The third-order valence-corrected chi connectivity index (χ3v) is 1.90. The van der Waals surface area contributed by atoms with E-state index in [0.717, 1.165) is 18.7 Å². The van der Waals surface area contributed by atoms with E-state index in [9.17, 15) is 0 Å². The molecule has 0 aromatic carbocycles. The van der Waals surface area contributed by atoms with Crippen molar-refractivity contribution in [1.29, 1.82) is 0 Å². The highest BCUT2D eigenvalue weighted by Crippen LogP contribution is 2.07. The molecule has 0 saturated carbocycles. The summed E-state index contributed by atoms with van der Waals surface area (Å²) >= 11 is 1.68. The van der Waals surface area contributed by atoms with Gasteiger partial charge < -0.3 is 9.73 Å². The Hall–Kier alpha value is -0.550. The van der Waals surface area contributed by atoms with Crippen LogP contribution >= 0.6 is 11.8 Å². The monoisotopic (exact) mass is 187 g/mol. The van der Waals surface area contributed by atoms with Gasteiger partial charge in [-0.15, -0.1) is 10.2 Å². The second-order valence-electron chi connectivity index (χ2n) is 2.38. The van der Waals surface area contributed by atoms with Crippen LogP contribution < -0.4 is 5.32 Å². The fourth-order valence-corrected chi connectivity index (χ4v) is 1.17. The zero-order chi connectivity index (χ0) is 8.81. The highest BCUT2D eigenvalue weighted by Gasteiger charge is 2.03. The zero-order valence-corrected chi connectivity index (χ0v) is 8.15. The summed E-state index contributed by atoms with van der Waals surface area (Å²) in [6, 6.07) is 0. The van der Waals surface area contributed by atoms with Gasteiger partial charge in [-0.25, -0.2) is 0 Å². The van der Waals surface area contributed by atoms with Crippen LogP contribution in [0.3, 0.4) is 0 Å². The molecule has 0 radical (unpaired) electrons. The normalized spacial score (nSPS) is 10.5. The second kappa shape index (κ2) is 5.16. The number of thioether (sulfide) groups is 1. The van der Waals surface area contributed by atoms with Crippen molar-refractivity contribution < 1.29 is 4.42 Å². The Morgan fingerprint density at radius 2 is 2.17 bits per heavy atom. The summed E-state index contributed by atoms with van der Waals surface area (Å²) in [6.07, 6.45) is 2.81. The van der Waals surface area contributed by atoms with Gasteiger partial charge in [0.2, 0.25) is 11.8 Å². The van der Waals surface area contributed by atoms with Crippen molar-refractivity contribution in [2.75, 3.05) is 19.8 Å². The van der Waals surface area contributed by atoms with E-state index in [4.69, 9.17) is 4.42 Å². The molecule has 12 heavy (non-hydrogen) atoms. The molecule has 4 nitrogen and oxygen atoms in total. The van der Waals surface area contributed by atoms with Crippen molar-refractivity contribution in [3.05, 3.63) is 11.8 Å². The predicted octanol–water partition coefficient (Wildman–Crippen LogP) is 0.694. The molecule has 0 aliphatic carbocycles. The third kappa shape index (κ3) is 2.83. The largest absolute Gasteiger partial charge is 0.424 e. The molecule has 0 aliphatic heterocycles. The number of rotatable bonds is 5. The molecule has 1 aromatic rings. The predicted molar refractivity (Wildman–Crippen MR) is 49.1 cm³/mol. The number of aromatic nitrogens is 2. The molecule has 0 unspecified atom stereocenters. The first-order valence-electron chi connectivity index (χ1n) is 3.81. The van der Waals surface area contributed by atoms with Crippen molar-refractivity contribution in [3.8, 4) is 0 Å². The van der Waals surface area contributed by atoms with Crippen molar-refractivity contribution >= 4 is 11.8 Å². The fourth-order valence-electron chi connectivity index (χ4n) is 0.803. The first-order valence-corrected chi connectivity index (χ1v) is 5.21. The lowest BCUT2D eigenvalue weighted by Crippen LogP contribution is -2.10. The van der Waals surface area contributed by atoms with Crippen LogP contribution in [0.25, 0.3) is 0 Å². The maximum atomic E-state index is 5.34. The van der Waals surface area contributed by atoms with Crippen LogP contribution in [-0.2, 0) is 12.2 Å². The molecule has 68 valence electrons. The Kier molecular flexibility index (Phi) is 4.10. The van der Waals surface area contributed by atoms with E-state index in [2.05, 4.69) is 15.5 Å². The molecule has 1 aromatic heterocycles. The Morgan fingerprint density at radius 1 is 1.42 bits per heavy atom. The van der Waals surface area contributed by atoms with Gasteiger partial charge in [0, 0.05) is 13.0 Å². The lowest BCUT2D eigenvalue weighted by Gasteiger charge is -1.91. The molecular formula is C7H13N3OS. The molecule has 0 bridgehead atoms. The Morgan fingerprint density at radius 3 is 2.83 bits per heavy atom. The molecule has 0 aliphatic rings. The lowest BCUT2D eigenvalue weighted by molar-refractivity contribution is 0.461. The summed E-state index contributed by atoms with van der Waals surface area (Å²) in [7, 11) is 1.90. The minimum absolute atomic E-state index is 0.716. The van der Waals surface area contributed by atoms with Gasteiger partial charge >= 0.3 is 0 Å². The number of hydrogen-bond donors (Lipinski definition) is 1. The van der Waals surface area contributed by atoms with Gasteiger partial charge in [-0.3, -0.25) is 0 Å². The molecule has 0 spiro atoms. The van der Waals surface area contributed by atoms with Gasteiger partial charge in [-0.1, -0.05) is 0 Å².